The Morgan fingerprint density at radius 1 is 1.57 bits per heavy atom. The van der Waals surface area contributed by atoms with Gasteiger partial charge in [-0.05, 0) is 19.3 Å². The van der Waals surface area contributed by atoms with Gasteiger partial charge in [0, 0.05) is 24.1 Å². The molecule has 0 aromatic carbocycles. The van der Waals surface area contributed by atoms with Gasteiger partial charge in [-0.1, -0.05) is 25.3 Å². The molecule has 1 N–H and O–H groups in total. The summed E-state index contributed by atoms with van der Waals surface area (Å²) in [6.07, 6.45) is 7.76. The lowest BCUT2D eigenvalue weighted by molar-refractivity contribution is 0.267. The quantitative estimate of drug-likeness (QED) is 0.491. The summed E-state index contributed by atoms with van der Waals surface area (Å²) in [5.41, 5.74) is 0. The van der Waals surface area contributed by atoms with Crippen LogP contribution in [0.3, 0.4) is 0 Å². The summed E-state index contributed by atoms with van der Waals surface area (Å²) in [5, 5.41) is 3.59. The summed E-state index contributed by atoms with van der Waals surface area (Å²) >= 11 is 1.95. The van der Waals surface area contributed by atoms with Crippen molar-refractivity contribution in [2.45, 2.75) is 38.6 Å². The third-order valence-electron chi connectivity index (χ3n) is 2.89. The van der Waals surface area contributed by atoms with Gasteiger partial charge in [0.05, 0.1) is 0 Å². The summed E-state index contributed by atoms with van der Waals surface area (Å²) in [6, 6.07) is 0.713. The predicted octanol–water partition coefficient (Wildman–Crippen LogP) is 3.07. The fourth-order valence-electron chi connectivity index (χ4n) is 1.86. The number of thioether (sulfide) groups is 1. The lowest BCUT2D eigenvalue weighted by atomic mass is 9.81. The van der Waals surface area contributed by atoms with E-state index in [0.717, 1.165) is 18.2 Å². The molecule has 1 nitrogen and oxygen atoms in total. The zero-order chi connectivity index (χ0) is 10.2. The second-order valence-electron chi connectivity index (χ2n) is 4.25. The SMILES string of the molecule is C=CCSCCNC(C)CC1CCC1. The van der Waals surface area contributed by atoms with Crippen LogP contribution in [0.15, 0.2) is 12.7 Å². The van der Waals surface area contributed by atoms with Crippen LogP contribution in [0.1, 0.15) is 32.6 Å². The van der Waals surface area contributed by atoms with Crippen molar-refractivity contribution in [3.05, 3.63) is 12.7 Å². The molecule has 0 aromatic heterocycles. The Balaban J connectivity index is 1.86. The molecule has 0 aromatic rings. The minimum atomic E-state index is 0.713. The minimum absolute atomic E-state index is 0.713. The van der Waals surface area contributed by atoms with E-state index in [0.29, 0.717) is 6.04 Å². The highest BCUT2D eigenvalue weighted by atomic mass is 32.2. The van der Waals surface area contributed by atoms with Crippen molar-refractivity contribution in [2.75, 3.05) is 18.1 Å². The van der Waals surface area contributed by atoms with Gasteiger partial charge in [-0.2, -0.15) is 11.8 Å². The molecule has 0 heterocycles. The standard InChI is InChI=1S/C12H23NS/c1-3-8-14-9-7-13-11(2)10-12-5-4-6-12/h3,11-13H,1,4-10H2,2H3. The van der Waals surface area contributed by atoms with Crippen LogP contribution in [0.5, 0.6) is 0 Å². The molecule has 1 rings (SSSR count). The number of nitrogens with one attached hydrogen (secondary N) is 1. The fraction of sp³-hybridized carbons (Fsp3) is 0.833. The van der Waals surface area contributed by atoms with Crippen LogP contribution in [-0.4, -0.2) is 24.1 Å². The molecule has 0 spiro atoms. The van der Waals surface area contributed by atoms with E-state index in [9.17, 15) is 0 Å². The second kappa shape index (κ2) is 7.36. The molecule has 2 heteroatoms. The van der Waals surface area contributed by atoms with E-state index in [-0.39, 0.29) is 0 Å². The van der Waals surface area contributed by atoms with E-state index in [1.54, 1.807) is 0 Å². The first-order valence-electron chi connectivity index (χ1n) is 5.75. The molecule has 0 saturated heterocycles. The second-order valence-corrected chi connectivity index (χ2v) is 5.40. The maximum absolute atomic E-state index is 3.71. The first-order valence-corrected chi connectivity index (χ1v) is 6.90. The normalized spacial score (nSPS) is 18.9. The van der Waals surface area contributed by atoms with Crippen LogP contribution in [0.25, 0.3) is 0 Å². The third-order valence-corrected chi connectivity index (χ3v) is 3.85. The molecule has 1 aliphatic rings. The van der Waals surface area contributed by atoms with Crippen LogP contribution in [-0.2, 0) is 0 Å². The fourth-order valence-corrected chi connectivity index (χ4v) is 2.45. The highest BCUT2D eigenvalue weighted by Gasteiger charge is 2.19. The van der Waals surface area contributed by atoms with Gasteiger partial charge in [-0.3, -0.25) is 0 Å². The molecular weight excluding hydrogens is 190 g/mol. The minimum Gasteiger partial charge on any atom is -0.313 e. The highest BCUT2D eigenvalue weighted by Crippen LogP contribution is 2.30. The zero-order valence-electron chi connectivity index (χ0n) is 9.30. The van der Waals surface area contributed by atoms with E-state index in [1.807, 2.05) is 17.8 Å². The van der Waals surface area contributed by atoms with Gasteiger partial charge >= 0.3 is 0 Å². The molecule has 14 heavy (non-hydrogen) atoms. The van der Waals surface area contributed by atoms with Gasteiger partial charge in [0.25, 0.3) is 0 Å². The molecule has 1 aliphatic carbocycles. The first kappa shape index (κ1) is 12.1. The van der Waals surface area contributed by atoms with E-state index in [1.165, 1.54) is 31.4 Å². The average Bonchev–Trinajstić information content (AvgIpc) is 2.11. The molecular formula is C12H23NS. The molecule has 0 radical (unpaired) electrons. The summed E-state index contributed by atoms with van der Waals surface area (Å²) < 4.78 is 0. The van der Waals surface area contributed by atoms with Crippen molar-refractivity contribution >= 4 is 11.8 Å². The maximum atomic E-state index is 3.71. The zero-order valence-corrected chi connectivity index (χ0v) is 10.1. The number of hydrogen-bond donors (Lipinski definition) is 1. The maximum Gasteiger partial charge on any atom is 0.0111 e. The Hall–Kier alpha value is 0.0500. The van der Waals surface area contributed by atoms with Crippen molar-refractivity contribution in [1.82, 2.24) is 5.32 Å². The van der Waals surface area contributed by atoms with Crippen LogP contribution in [0, 0.1) is 5.92 Å². The Labute approximate surface area is 92.7 Å². The molecule has 1 atom stereocenters. The van der Waals surface area contributed by atoms with E-state index >= 15 is 0 Å². The van der Waals surface area contributed by atoms with Crippen molar-refractivity contribution < 1.29 is 0 Å². The molecule has 0 bridgehead atoms. The lowest BCUT2D eigenvalue weighted by Crippen LogP contribution is -2.31. The van der Waals surface area contributed by atoms with Crippen LogP contribution < -0.4 is 5.32 Å². The summed E-state index contributed by atoms with van der Waals surface area (Å²) in [6.45, 7) is 7.17. The van der Waals surface area contributed by atoms with Gasteiger partial charge in [-0.25, -0.2) is 0 Å². The summed E-state index contributed by atoms with van der Waals surface area (Å²) in [5.74, 6) is 3.32. The van der Waals surface area contributed by atoms with Crippen LogP contribution >= 0.6 is 11.8 Å². The van der Waals surface area contributed by atoms with Crippen molar-refractivity contribution in [3.63, 3.8) is 0 Å². The van der Waals surface area contributed by atoms with E-state index in [2.05, 4.69) is 18.8 Å². The van der Waals surface area contributed by atoms with E-state index in [4.69, 9.17) is 0 Å². The Morgan fingerprint density at radius 3 is 2.93 bits per heavy atom. The lowest BCUT2D eigenvalue weighted by Gasteiger charge is -2.28. The van der Waals surface area contributed by atoms with Crippen molar-refractivity contribution in [1.29, 1.82) is 0 Å². The molecule has 1 unspecified atom stereocenters. The number of rotatable bonds is 8. The summed E-state index contributed by atoms with van der Waals surface area (Å²) in [7, 11) is 0. The molecule has 82 valence electrons. The Morgan fingerprint density at radius 2 is 2.36 bits per heavy atom. The van der Waals surface area contributed by atoms with Gasteiger partial charge in [0.15, 0.2) is 0 Å². The first-order chi connectivity index (χ1) is 6.83. The monoisotopic (exact) mass is 213 g/mol. The van der Waals surface area contributed by atoms with Crippen LogP contribution in [0.2, 0.25) is 0 Å². The molecule has 0 amide bonds. The summed E-state index contributed by atoms with van der Waals surface area (Å²) in [4.78, 5) is 0. The Bertz CT molecular complexity index is 154. The third kappa shape index (κ3) is 5.06. The molecule has 1 fully saturated rings. The van der Waals surface area contributed by atoms with Gasteiger partial charge < -0.3 is 5.32 Å². The predicted molar refractivity (Wildman–Crippen MR) is 66.9 cm³/mol. The smallest absolute Gasteiger partial charge is 0.0111 e. The Kier molecular flexibility index (Phi) is 6.37. The molecule has 1 saturated carbocycles. The van der Waals surface area contributed by atoms with Gasteiger partial charge in [0.1, 0.15) is 0 Å². The average molecular weight is 213 g/mol. The topological polar surface area (TPSA) is 12.0 Å². The van der Waals surface area contributed by atoms with E-state index < -0.39 is 0 Å². The molecule has 0 aliphatic heterocycles. The van der Waals surface area contributed by atoms with Crippen molar-refractivity contribution in [3.8, 4) is 0 Å². The van der Waals surface area contributed by atoms with Crippen LogP contribution in [0.4, 0.5) is 0 Å². The van der Waals surface area contributed by atoms with Gasteiger partial charge in [0.2, 0.25) is 0 Å². The highest BCUT2D eigenvalue weighted by molar-refractivity contribution is 7.99. The van der Waals surface area contributed by atoms with Crippen molar-refractivity contribution in [2.24, 2.45) is 5.92 Å². The van der Waals surface area contributed by atoms with Gasteiger partial charge in [-0.15, -0.1) is 6.58 Å². The largest absolute Gasteiger partial charge is 0.313 e. The number of hydrogen-bond acceptors (Lipinski definition) is 2.